The van der Waals surface area contributed by atoms with E-state index in [2.05, 4.69) is 20.2 Å². The number of hydrogen-bond acceptors (Lipinski definition) is 6. The second kappa shape index (κ2) is 8.72. The van der Waals surface area contributed by atoms with E-state index in [4.69, 9.17) is 9.47 Å². The predicted molar refractivity (Wildman–Crippen MR) is 94.0 cm³/mol. The topological polar surface area (TPSA) is 76.6 Å². The van der Waals surface area contributed by atoms with Gasteiger partial charge in [-0.3, -0.25) is 4.79 Å². The van der Waals surface area contributed by atoms with Gasteiger partial charge in [-0.15, -0.1) is 0 Å². The minimum absolute atomic E-state index is 0.0429. The van der Waals surface area contributed by atoms with Crippen LogP contribution in [-0.4, -0.2) is 55.3 Å². The van der Waals surface area contributed by atoms with Crippen LogP contribution in [0.15, 0.2) is 24.3 Å². The van der Waals surface area contributed by atoms with Crippen molar-refractivity contribution in [3.05, 3.63) is 47.3 Å². The van der Waals surface area contributed by atoms with Crippen molar-refractivity contribution in [2.75, 3.05) is 44.4 Å². The van der Waals surface area contributed by atoms with Gasteiger partial charge in [-0.05, 0) is 25.1 Å². The van der Waals surface area contributed by atoms with Crippen molar-refractivity contribution in [2.24, 2.45) is 0 Å². The number of nitrogens with one attached hydrogen (secondary N) is 1. The Morgan fingerprint density at radius 2 is 2.00 bits per heavy atom. The fraction of sp³-hybridized carbons (Fsp3) is 0.389. The number of aryl methyl sites for hydroxylation is 1. The molecule has 0 spiro atoms. The molecule has 1 aromatic heterocycles. The Labute approximate surface area is 155 Å². The van der Waals surface area contributed by atoms with E-state index in [1.807, 2.05) is 0 Å². The van der Waals surface area contributed by atoms with Gasteiger partial charge >= 0.3 is 0 Å². The third kappa shape index (κ3) is 5.10. The molecule has 1 saturated heterocycles. The largest absolute Gasteiger partial charge is 0.476 e. The molecule has 1 N–H and O–H groups in total. The Kier molecular flexibility index (Phi) is 6.12. The molecule has 1 aliphatic rings. The number of morpholine rings is 1. The van der Waals surface area contributed by atoms with Crippen molar-refractivity contribution in [1.82, 2.24) is 15.3 Å². The first-order chi connectivity index (χ1) is 13.0. The van der Waals surface area contributed by atoms with Crippen LogP contribution in [0, 0.1) is 18.6 Å². The molecule has 1 amide bonds. The third-order valence-corrected chi connectivity index (χ3v) is 3.96. The molecule has 144 valence electrons. The summed E-state index contributed by atoms with van der Waals surface area (Å²) in [6, 6.07) is 4.73. The quantitative estimate of drug-likeness (QED) is 0.772. The highest BCUT2D eigenvalue weighted by molar-refractivity contribution is 5.94. The second-order valence-corrected chi connectivity index (χ2v) is 5.94. The number of aromatic nitrogens is 2. The van der Waals surface area contributed by atoms with E-state index in [-0.39, 0.29) is 18.7 Å². The van der Waals surface area contributed by atoms with Crippen molar-refractivity contribution in [3.8, 4) is 5.88 Å². The van der Waals surface area contributed by atoms with Gasteiger partial charge in [0.1, 0.15) is 18.2 Å². The summed E-state index contributed by atoms with van der Waals surface area (Å²) in [6.07, 6.45) is 0. The molecule has 2 aromatic rings. The van der Waals surface area contributed by atoms with Gasteiger partial charge in [-0.25, -0.2) is 13.8 Å². The first kappa shape index (κ1) is 19.0. The second-order valence-electron chi connectivity index (χ2n) is 5.94. The first-order valence-electron chi connectivity index (χ1n) is 8.57. The highest BCUT2D eigenvalue weighted by atomic mass is 19.2. The number of hydrogen-bond donors (Lipinski definition) is 1. The zero-order valence-electron chi connectivity index (χ0n) is 14.9. The molecule has 1 fully saturated rings. The third-order valence-electron chi connectivity index (χ3n) is 3.96. The van der Waals surface area contributed by atoms with Crippen LogP contribution >= 0.6 is 0 Å². The van der Waals surface area contributed by atoms with Crippen LogP contribution in [0.1, 0.15) is 16.2 Å². The lowest BCUT2D eigenvalue weighted by atomic mass is 10.2. The minimum Gasteiger partial charge on any atom is -0.476 e. The highest BCUT2D eigenvalue weighted by Crippen LogP contribution is 2.18. The molecule has 0 unspecified atom stereocenters. The SMILES string of the molecule is Cc1nc(OCCNC(=O)c2ccc(F)c(F)c2)cc(N2CCOCC2)n1. The lowest BCUT2D eigenvalue weighted by molar-refractivity contribution is 0.0946. The van der Waals surface area contributed by atoms with Crippen LogP contribution in [-0.2, 0) is 4.74 Å². The van der Waals surface area contributed by atoms with Crippen molar-refractivity contribution in [1.29, 1.82) is 0 Å². The number of halogens is 2. The van der Waals surface area contributed by atoms with Crippen molar-refractivity contribution < 1.29 is 23.0 Å². The van der Waals surface area contributed by atoms with Crippen LogP contribution in [0.2, 0.25) is 0 Å². The van der Waals surface area contributed by atoms with E-state index in [1.165, 1.54) is 6.07 Å². The van der Waals surface area contributed by atoms with Gasteiger partial charge in [0.2, 0.25) is 5.88 Å². The molecule has 7 nitrogen and oxygen atoms in total. The van der Waals surface area contributed by atoms with Gasteiger partial charge in [-0.2, -0.15) is 4.98 Å². The fourth-order valence-corrected chi connectivity index (χ4v) is 2.61. The molecule has 2 heterocycles. The summed E-state index contributed by atoms with van der Waals surface area (Å²) >= 11 is 0. The monoisotopic (exact) mass is 378 g/mol. The summed E-state index contributed by atoms with van der Waals surface area (Å²) in [4.78, 5) is 22.7. The molecule has 9 heteroatoms. The van der Waals surface area contributed by atoms with E-state index in [0.717, 1.165) is 31.0 Å². The van der Waals surface area contributed by atoms with Crippen LogP contribution in [0.3, 0.4) is 0 Å². The number of benzene rings is 1. The number of amides is 1. The molecule has 0 bridgehead atoms. The van der Waals surface area contributed by atoms with E-state index >= 15 is 0 Å². The Morgan fingerprint density at radius 1 is 1.22 bits per heavy atom. The molecular formula is C18H20F2N4O3. The molecule has 0 saturated carbocycles. The Bertz CT molecular complexity index is 813. The van der Waals surface area contributed by atoms with E-state index < -0.39 is 17.5 Å². The molecule has 0 radical (unpaired) electrons. The summed E-state index contributed by atoms with van der Waals surface area (Å²) in [5, 5.41) is 2.59. The molecular weight excluding hydrogens is 358 g/mol. The van der Waals surface area contributed by atoms with Gasteiger partial charge in [0.15, 0.2) is 11.6 Å². The molecule has 3 rings (SSSR count). The first-order valence-corrected chi connectivity index (χ1v) is 8.57. The summed E-state index contributed by atoms with van der Waals surface area (Å²) < 4.78 is 37.0. The maximum atomic E-state index is 13.2. The van der Waals surface area contributed by atoms with Gasteiger partial charge in [0.25, 0.3) is 5.91 Å². The number of rotatable bonds is 6. The van der Waals surface area contributed by atoms with Gasteiger partial charge in [-0.1, -0.05) is 0 Å². The molecule has 27 heavy (non-hydrogen) atoms. The lowest BCUT2D eigenvalue weighted by Gasteiger charge is -2.28. The van der Waals surface area contributed by atoms with E-state index in [1.54, 1.807) is 13.0 Å². The van der Waals surface area contributed by atoms with E-state index in [9.17, 15) is 13.6 Å². The summed E-state index contributed by atoms with van der Waals surface area (Å²) in [6.45, 7) is 4.94. The standard InChI is InChI=1S/C18H20F2N4O3/c1-12-22-16(24-5-8-26-9-6-24)11-17(23-12)27-7-4-21-18(25)13-2-3-14(19)15(20)10-13/h2-3,10-11H,4-9H2,1H3,(H,21,25). The average Bonchev–Trinajstić information content (AvgIpc) is 2.67. The Morgan fingerprint density at radius 3 is 2.74 bits per heavy atom. The Balaban J connectivity index is 1.51. The Hall–Kier alpha value is -2.81. The number of carbonyl (C=O) groups is 1. The fourth-order valence-electron chi connectivity index (χ4n) is 2.61. The van der Waals surface area contributed by atoms with Gasteiger partial charge < -0.3 is 19.7 Å². The minimum atomic E-state index is -1.06. The van der Waals surface area contributed by atoms with Crippen molar-refractivity contribution in [3.63, 3.8) is 0 Å². The van der Waals surface area contributed by atoms with Crippen molar-refractivity contribution >= 4 is 11.7 Å². The lowest BCUT2D eigenvalue weighted by Crippen LogP contribution is -2.37. The number of anilines is 1. The smallest absolute Gasteiger partial charge is 0.251 e. The summed E-state index contributed by atoms with van der Waals surface area (Å²) in [5.74, 6) is -0.807. The predicted octanol–water partition coefficient (Wildman–Crippen LogP) is 1.71. The molecule has 0 atom stereocenters. The molecule has 1 aromatic carbocycles. The zero-order chi connectivity index (χ0) is 19.2. The van der Waals surface area contributed by atoms with Crippen LogP contribution in [0.25, 0.3) is 0 Å². The normalized spacial score (nSPS) is 14.1. The summed E-state index contributed by atoms with van der Waals surface area (Å²) in [7, 11) is 0. The number of ether oxygens (including phenoxy) is 2. The van der Waals surface area contributed by atoms with Crippen LogP contribution in [0.5, 0.6) is 5.88 Å². The average molecular weight is 378 g/mol. The highest BCUT2D eigenvalue weighted by Gasteiger charge is 2.15. The van der Waals surface area contributed by atoms with Crippen LogP contribution in [0.4, 0.5) is 14.6 Å². The van der Waals surface area contributed by atoms with E-state index in [0.29, 0.717) is 24.9 Å². The zero-order valence-corrected chi connectivity index (χ0v) is 14.9. The number of nitrogens with zero attached hydrogens (tertiary/aromatic N) is 3. The maximum absolute atomic E-state index is 13.2. The molecule has 0 aliphatic carbocycles. The number of carbonyl (C=O) groups excluding carboxylic acids is 1. The van der Waals surface area contributed by atoms with Crippen LogP contribution < -0.4 is 15.0 Å². The van der Waals surface area contributed by atoms with Crippen molar-refractivity contribution in [2.45, 2.75) is 6.92 Å². The van der Waals surface area contributed by atoms with Gasteiger partial charge in [0.05, 0.1) is 19.8 Å². The van der Waals surface area contributed by atoms with Gasteiger partial charge in [0, 0.05) is 24.7 Å². The molecule has 1 aliphatic heterocycles. The maximum Gasteiger partial charge on any atom is 0.251 e. The summed E-state index contributed by atoms with van der Waals surface area (Å²) in [5.41, 5.74) is 0.0429.